The fraction of sp³-hybridized carbons (Fsp3) is 0.481. The molecule has 204 valence electrons. The molecule has 7 nitrogen and oxygen atoms in total. The molecule has 2 aromatic rings. The maximum absolute atomic E-state index is 13.5. The molecule has 0 radical (unpaired) electrons. The van der Waals surface area contributed by atoms with Crippen LogP contribution in [0.1, 0.15) is 58.1 Å². The summed E-state index contributed by atoms with van der Waals surface area (Å²) in [4.78, 5) is 28.2. The second-order valence-electron chi connectivity index (χ2n) is 10.1. The molecule has 0 aromatic heterocycles. The number of nitrogens with one attached hydrogen (secondary N) is 1. The zero-order valence-corrected chi connectivity index (χ0v) is 24.7. The van der Waals surface area contributed by atoms with Gasteiger partial charge >= 0.3 is 0 Å². The van der Waals surface area contributed by atoms with Crippen LogP contribution in [0, 0.1) is 6.92 Å². The first kappa shape index (κ1) is 30.9. The molecule has 0 bridgehead atoms. The molecular formula is C27H37Cl2N3O4S. The van der Waals surface area contributed by atoms with Crippen LogP contribution in [0.15, 0.2) is 42.5 Å². The summed E-state index contributed by atoms with van der Waals surface area (Å²) in [5.74, 6) is -0.505. The lowest BCUT2D eigenvalue weighted by molar-refractivity contribution is -0.142. The predicted molar refractivity (Wildman–Crippen MR) is 152 cm³/mol. The number of hydrogen-bond acceptors (Lipinski definition) is 4. The molecule has 0 saturated heterocycles. The zero-order chi connectivity index (χ0) is 28.0. The van der Waals surface area contributed by atoms with E-state index in [2.05, 4.69) is 5.32 Å². The summed E-state index contributed by atoms with van der Waals surface area (Å²) in [6.45, 7) is 9.52. The summed E-state index contributed by atoms with van der Waals surface area (Å²) in [5.41, 5.74) is 1.39. The Hall–Kier alpha value is -2.29. The van der Waals surface area contributed by atoms with Crippen molar-refractivity contribution in [3.63, 3.8) is 0 Å². The minimum absolute atomic E-state index is 0.0510. The standard InChI is InChI=1S/C27H37Cl2N3O4S/c1-7-23(26(34)30-27(3,4)5)31(18-20-12-8-9-13-22(20)29)25(33)16-11-17-32(37(6,35)36)24-15-10-14-21(28)19(24)2/h8-10,12-15,23H,7,11,16-18H2,1-6H3,(H,30,34)/t23-/m0/s1. The summed E-state index contributed by atoms with van der Waals surface area (Å²) >= 11 is 12.6. The van der Waals surface area contributed by atoms with Gasteiger partial charge in [-0.2, -0.15) is 0 Å². The van der Waals surface area contributed by atoms with Crippen molar-refractivity contribution in [2.45, 2.75) is 72.0 Å². The van der Waals surface area contributed by atoms with Crippen LogP contribution in [0.2, 0.25) is 10.0 Å². The average molecular weight is 571 g/mol. The number of sulfonamides is 1. The van der Waals surface area contributed by atoms with Crippen molar-refractivity contribution < 1.29 is 18.0 Å². The van der Waals surface area contributed by atoms with Gasteiger partial charge in [-0.05, 0) is 69.9 Å². The summed E-state index contributed by atoms with van der Waals surface area (Å²) in [7, 11) is -3.62. The Kier molecular flexibility index (Phi) is 10.9. The van der Waals surface area contributed by atoms with Gasteiger partial charge in [0.2, 0.25) is 21.8 Å². The van der Waals surface area contributed by atoms with E-state index in [1.807, 2.05) is 39.8 Å². The third kappa shape index (κ3) is 8.90. The summed E-state index contributed by atoms with van der Waals surface area (Å²) in [6.07, 6.45) is 1.85. The van der Waals surface area contributed by atoms with Crippen LogP contribution in [0.4, 0.5) is 5.69 Å². The van der Waals surface area contributed by atoms with Gasteiger partial charge in [0, 0.05) is 35.1 Å². The van der Waals surface area contributed by atoms with Gasteiger partial charge in [0.05, 0.1) is 11.9 Å². The Bertz CT molecular complexity index is 1210. The third-order valence-electron chi connectivity index (χ3n) is 5.84. The van der Waals surface area contributed by atoms with Crippen LogP contribution in [0.5, 0.6) is 0 Å². The predicted octanol–water partition coefficient (Wildman–Crippen LogP) is 5.57. The van der Waals surface area contributed by atoms with Gasteiger partial charge in [-0.25, -0.2) is 8.42 Å². The largest absolute Gasteiger partial charge is 0.350 e. The number of carbonyl (C=O) groups excluding carboxylic acids is 2. The van der Waals surface area contributed by atoms with Crippen molar-refractivity contribution in [3.05, 3.63) is 63.6 Å². The van der Waals surface area contributed by atoms with Crippen LogP contribution < -0.4 is 9.62 Å². The van der Waals surface area contributed by atoms with E-state index >= 15 is 0 Å². The number of hydrogen-bond donors (Lipinski definition) is 1. The highest BCUT2D eigenvalue weighted by atomic mass is 35.5. The van der Waals surface area contributed by atoms with E-state index < -0.39 is 21.6 Å². The van der Waals surface area contributed by atoms with Crippen molar-refractivity contribution in [1.82, 2.24) is 10.2 Å². The van der Waals surface area contributed by atoms with E-state index in [0.29, 0.717) is 27.7 Å². The van der Waals surface area contributed by atoms with E-state index in [9.17, 15) is 18.0 Å². The summed E-state index contributed by atoms with van der Waals surface area (Å²) in [5, 5.41) is 3.93. The van der Waals surface area contributed by atoms with Crippen molar-refractivity contribution in [3.8, 4) is 0 Å². The molecule has 0 spiro atoms. The van der Waals surface area contributed by atoms with Gasteiger partial charge in [-0.1, -0.05) is 54.4 Å². The zero-order valence-electron chi connectivity index (χ0n) is 22.3. The van der Waals surface area contributed by atoms with Crippen LogP contribution in [0.3, 0.4) is 0 Å². The number of anilines is 1. The van der Waals surface area contributed by atoms with Crippen LogP contribution in [-0.2, 0) is 26.2 Å². The highest BCUT2D eigenvalue weighted by molar-refractivity contribution is 7.92. The summed E-state index contributed by atoms with van der Waals surface area (Å²) < 4.78 is 26.4. The van der Waals surface area contributed by atoms with Gasteiger partial charge in [0.15, 0.2) is 0 Å². The van der Waals surface area contributed by atoms with Crippen molar-refractivity contribution in [1.29, 1.82) is 0 Å². The molecule has 1 N–H and O–H groups in total. The molecule has 0 unspecified atom stereocenters. The number of carbonyl (C=O) groups is 2. The monoisotopic (exact) mass is 569 g/mol. The van der Waals surface area contributed by atoms with Gasteiger partial charge < -0.3 is 10.2 Å². The highest BCUT2D eigenvalue weighted by Gasteiger charge is 2.31. The quantitative estimate of drug-likeness (QED) is 0.383. The molecule has 0 aliphatic carbocycles. The molecule has 10 heteroatoms. The second-order valence-corrected chi connectivity index (χ2v) is 12.8. The van der Waals surface area contributed by atoms with Gasteiger partial charge in [0.25, 0.3) is 0 Å². The molecule has 1 atom stereocenters. The van der Waals surface area contributed by atoms with E-state index in [1.54, 1.807) is 37.3 Å². The maximum atomic E-state index is 13.5. The topological polar surface area (TPSA) is 86.8 Å². The van der Waals surface area contributed by atoms with Crippen molar-refractivity contribution in [2.24, 2.45) is 0 Å². The molecule has 2 amide bonds. The fourth-order valence-corrected chi connectivity index (χ4v) is 5.41. The molecule has 0 aliphatic heterocycles. The first-order chi connectivity index (χ1) is 17.2. The number of rotatable bonds is 11. The first-order valence-electron chi connectivity index (χ1n) is 12.2. The van der Waals surface area contributed by atoms with Crippen LogP contribution >= 0.6 is 23.2 Å². The molecule has 2 aromatic carbocycles. The van der Waals surface area contributed by atoms with E-state index in [0.717, 1.165) is 11.8 Å². The molecular weight excluding hydrogens is 533 g/mol. The Morgan fingerprint density at radius 1 is 1.03 bits per heavy atom. The number of nitrogens with zero attached hydrogens (tertiary/aromatic N) is 2. The van der Waals surface area contributed by atoms with Gasteiger partial charge in [0.1, 0.15) is 6.04 Å². The maximum Gasteiger partial charge on any atom is 0.243 e. The Morgan fingerprint density at radius 2 is 1.65 bits per heavy atom. The number of halogens is 2. The number of amides is 2. The lowest BCUT2D eigenvalue weighted by Crippen LogP contribution is -2.53. The minimum Gasteiger partial charge on any atom is -0.350 e. The molecule has 0 saturated carbocycles. The second kappa shape index (κ2) is 13.0. The molecule has 0 aliphatic rings. The normalized spacial score (nSPS) is 12.6. The Labute approximate surface area is 231 Å². The SMILES string of the molecule is CC[C@@H](C(=O)NC(C)(C)C)N(Cc1ccccc1Cl)C(=O)CCCN(c1cccc(Cl)c1C)S(C)(=O)=O. The summed E-state index contributed by atoms with van der Waals surface area (Å²) in [6, 6.07) is 11.6. The molecule has 2 rings (SSSR count). The highest BCUT2D eigenvalue weighted by Crippen LogP contribution is 2.29. The fourth-order valence-electron chi connectivity index (χ4n) is 4.03. The third-order valence-corrected chi connectivity index (χ3v) is 7.80. The van der Waals surface area contributed by atoms with Gasteiger partial charge in [-0.15, -0.1) is 0 Å². The Morgan fingerprint density at radius 3 is 2.22 bits per heavy atom. The Balaban J connectivity index is 2.29. The number of benzene rings is 2. The van der Waals surface area contributed by atoms with E-state index in [-0.39, 0.29) is 37.7 Å². The average Bonchev–Trinajstić information content (AvgIpc) is 2.78. The lowest BCUT2D eigenvalue weighted by Gasteiger charge is -2.33. The van der Waals surface area contributed by atoms with Crippen LogP contribution in [-0.4, -0.2) is 49.5 Å². The minimum atomic E-state index is -3.62. The van der Waals surface area contributed by atoms with Crippen LogP contribution in [0.25, 0.3) is 0 Å². The van der Waals surface area contributed by atoms with E-state index in [4.69, 9.17) is 23.2 Å². The van der Waals surface area contributed by atoms with Gasteiger partial charge in [-0.3, -0.25) is 13.9 Å². The molecule has 0 fully saturated rings. The van der Waals surface area contributed by atoms with Crippen molar-refractivity contribution >= 4 is 50.7 Å². The molecule has 0 heterocycles. The lowest BCUT2D eigenvalue weighted by atomic mass is 10.0. The van der Waals surface area contributed by atoms with E-state index in [1.165, 1.54) is 9.21 Å². The van der Waals surface area contributed by atoms with Crippen molar-refractivity contribution in [2.75, 3.05) is 17.1 Å². The molecule has 37 heavy (non-hydrogen) atoms. The smallest absolute Gasteiger partial charge is 0.243 e. The first-order valence-corrected chi connectivity index (χ1v) is 14.8.